The molecule has 1 rings (SSSR count). The molecule has 0 fully saturated rings. The summed E-state index contributed by atoms with van der Waals surface area (Å²) in [5.41, 5.74) is -0.0519. The average Bonchev–Trinajstić information content (AvgIpc) is 2.73. The van der Waals surface area contributed by atoms with Gasteiger partial charge in [-0.05, 0) is 6.42 Å². The molecule has 1 atom stereocenters. The number of terminal acetylenes is 1. The van der Waals surface area contributed by atoms with E-state index in [-0.39, 0.29) is 11.7 Å². The molecule has 16 heavy (non-hydrogen) atoms. The Bertz CT molecular complexity index is 394. The van der Waals surface area contributed by atoms with Gasteiger partial charge in [-0.1, -0.05) is 18.1 Å². The summed E-state index contributed by atoms with van der Waals surface area (Å²) >= 11 is 0. The lowest BCUT2D eigenvalue weighted by Gasteiger charge is -2.09. The van der Waals surface area contributed by atoms with Crippen molar-refractivity contribution < 1.29 is 9.90 Å². The monoisotopic (exact) mass is 222 g/mol. The molecule has 0 aliphatic heterocycles. The van der Waals surface area contributed by atoms with Gasteiger partial charge in [0.25, 0.3) is 0 Å². The second-order valence-corrected chi connectivity index (χ2v) is 3.25. The van der Waals surface area contributed by atoms with E-state index in [0.29, 0.717) is 13.1 Å². The minimum Gasteiger partial charge on any atom is -0.476 e. The van der Waals surface area contributed by atoms with Crippen molar-refractivity contribution in [2.75, 3.05) is 6.54 Å². The molecule has 0 saturated heterocycles. The van der Waals surface area contributed by atoms with E-state index in [1.165, 1.54) is 10.9 Å². The highest BCUT2D eigenvalue weighted by Gasteiger charge is 2.07. The van der Waals surface area contributed by atoms with Gasteiger partial charge in [-0.15, -0.1) is 11.5 Å². The fourth-order valence-corrected chi connectivity index (χ4v) is 1.18. The van der Waals surface area contributed by atoms with Crippen molar-refractivity contribution in [3.8, 4) is 12.3 Å². The first-order valence-electron chi connectivity index (χ1n) is 5.00. The maximum Gasteiger partial charge on any atom is 0.358 e. The second-order valence-electron chi connectivity index (χ2n) is 3.25. The SMILES string of the molecule is C#CC(CC)NCCn1cc(C(=O)O)nn1. The lowest BCUT2D eigenvalue weighted by atomic mass is 10.2. The molecule has 2 N–H and O–H groups in total. The molecule has 0 spiro atoms. The highest BCUT2D eigenvalue weighted by Crippen LogP contribution is 1.93. The maximum atomic E-state index is 10.5. The van der Waals surface area contributed by atoms with Crippen LogP contribution in [0.3, 0.4) is 0 Å². The van der Waals surface area contributed by atoms with Crippen LogP contribution in [0.2, 0.25) is 0 Å². The van der Waals surface area contributed by atoms with E-state index < -0.39 is 5.97 Å². The van der Waals surface area contributed by atoms with Crippen molar-refractivity contribution in [2.24, 2.45) is 0 Å². The van der Waals surface area contributed by atoms with Crippen LogP contribution in [-0.4, -0.2) is 38.7 Å². The third kappa shape index (κ3) is 3.37. The fraction of sp³-hybridized carbons (Fsp3) is 0.500. The molecule has 6 heteroatoms. The molecule has 1 aromatic heterocycles. The van der Waals surface area contributed by atoms with Gasteiger partial charge in [-0.3, -0.25) is 4.68 Å². The van der Waals surface area contributed by atoms with Crippen LogP contribution in [0.25, 0.3) is 0 Å². The molecule has 1 aromatic rings. The molecule has 0 aliphatic rings. The Morgan fingerprint density at radius 1 is 1.81 bits per heavy atom. The van der Waals surface area contributed by atoms with E-state index >= 15 is 0 Å². The molecule has 86 valence electrons. The van der Waals surface area contributed by atoms with E-state index in [9.17, 15) is 4.79 Å². The maximum absolute atomic E-state index is 10.5. The van der Waals surface area contributed by atoms with Crippen LogP contribution in [0.15, 0.2) is 6.20 Å². The molecule has 0 aliphatic carbocycles. The number of aromatic nitrogens is 3. The number of carboxylic acid groups (broad SMARTS) is 1. The molecular weight excluding hydrogens is 208 g/mol. The van der Waals surface area contributed by atoms with Gasteiger partial charge in [0.2, 0.25) is 0 Å². The molecule has 0 aromatic carbocycles. The largest absolute Gasteiger partial charge is 0.476 e. The predicted octanol–water partition coefficient (Wildman–Crippen LogP) is -0.0223. The highest BCUT2D eigenvalue weighted by atomic mass is 16.4. The number of rotatable bonds is 6. The molecule has 1 unspecified atom stereocenters. The summed E-state index contributed by atoms with van der Waals surface area (Å²) in [5.74, 6) is 1.54. The summed E-state index contributed by atoms with van der Waals surface area (Å²) in [5, 5.41) is 18.9. The first-order chi connectivity index (χ1) is 7.67. The molecule has 0 radical (unpaired) electrons. The van der Waals surface area contributed by atoms with Crippen molar-refractivity contribution >= 4 is 5.97 Å². The summed E-state index contributed by atoms with van der Waals surface area (Å²) < 4.78 is 1.47. The summed E-state index contributed by atoms with van der Waals surface area (Å²) in [6.45, 7) is 3.17. The third-order valence-electron chi connectivity index (χ3n) is 2.10. The van der Waals surface area contributed by atoms with Gasteiger partial charge in [0.15, 0.2) is 5.69 Å². The fourth-order valence-electron chi connectivity index (χ4n) is 1.18. The quantitative estimate of drug-likeness (QED) is 0.661. The van der Waals surface area contributed by atoms with Gasteiger partial charge in [0.1, 0.15) is 0 Å². The van der Waals surface area contributed by atoms with Gasteiger partial charge in [0, 0.05) is 6.54 Å². The number of nitrogens with one attached hydrogen (secondary N) is 1. The molecule has 0 amide bonds. The minimum atomic E-state index is -1.07. The van der Waals surface area contributed by atoms with E-state index in [0.717, 1.165) is 6.42 Å². The number of carboxylic acids is 1. The summed E-state index contributed by atoms with van der Waals surface area (Å²) in [4.78, 5) is 10.5. The number of carbonyl (C=O) groups is 1. The number of nitrogens with zero attached hydrogens (tertiary/aromatic N) is 3. The summed E-state index contributed by atoms with van der Waals surface area (Å²) in [7, 11) is 0. The van der Waals surface area contributed by atoms with E-state index in [4.69, 9.17) is 11.5 Å². The van der Waals surface area contributed by atoms with Gasteiger partial charge in [-0.25, -0.2) is 4.79 Å². The zero-order chi connectivity index (χ0) is 12.0. The first-order valence-corrected chi connectivity index (χ1v) is 5.00. The Hall–Kier alpha value is -1.87. The number of aromatic carboxylic acids is 1. The van der Waals surface area contributed by atoms with E-state index in [2.05, 4.69) is 21.5 Å². The number of hydrogen-bond acceptors (Lipinski definition) is 4. The summed E-state index contributed by atoms with van der Waals surface area (Å²) in [6.07, 6.45) is 7.53. The predicted molar refractivity (Wildman–Crippen MR) is 57.9 cm³/mol. The van der Waals surface area contributed by atoms with Crippen molar-refractivity contribution in [1.29, 1.82) is 0 Å². The van der Waals surface area contributed by atoms with Crippen LogP contribution in [0.5, 0.6) is 0 Å². The lowest BCUT2D eigenvalue weighted by Crippen LogP contribution is -2.30. The Labute approximate surface area is 93.7 Å². The van der Waals surface area contributed by atoms with Crippen molar-refractivity contribution in [3.05, 3.63) is 11.9 Å². The van der Waals surface area contributed by atoms with Crippen LogP contribution in [0, 0.1) is 12.3 Å². The Morgan fingerprint density at radius 3 is 3.06 bits per heavy atom. The molecule has 6 nitrogen and oxygen atoms in total. The molecule has 0 saturated carbocycles. The lowest BCUT2D eigenvalue weighted by molar-refractivity contribution is 0.0690. The van der Waals surface area contributed by atoms with Crippen LogP contribution in [0.4, 0.5) is 0 Å². The van der Waals surface area contributed by atoms with Gasteiger partial charge in [-0.2, -0.15) is 0 Å². The normalized spacial score (nSPS) is 12.0. The van der Waals surface area contributed by atoms with Gasteiger partial charge < -0.3 is 10.4 Å². The van der Waals surface area contributed by atoms with E-state index in [1.807, 2.05) is 6.92 Å². The third-order valence-corrected chi connectivity index (χ3v) is 2.10. The molecule has 0 bridgehead atoms. The standard InChI is InChI=1S/C10H14N4O2/c1-3-8(4-2)11-5-6-14-7-9(10(15)16)12-13-14/h1,7-8,11H,4-6H2,2H3,(H,15,16). The van der Waals surface area contributed by atoms with Crippen LogP contribution < -0.4 is 5.32 Å². The molecule has 1 heterocycles. The Kier molecular flexibility index (Phi) is 4.48. The summed E-state index contributed by atoms with van der Waals surface area (Å²) in [6, 6.07) is 0.0439. The van der Waals surface area contributed by atoms with Crippen LogP contribution in [0.1, 0.15) is 23.8 Å². The second kappa shape index (κ2) is 5.88. The Balaban J connectivity index is 2.38. The van der Waals surface area contributed by atoms with Crippen LogP contribution >= 0.6 is 0 Å². The van der Waals surface area contributed by atoms with Gasteiger partial charge in [0.05, 0.1) is 18.8 Å². The zero-order valence-corrected chi connectivity index (χ0v) is 9.05. The minimum absolute atomic E-state index is 0.0439. The highest BCUT2D eigenvalue weighted by molar-refractivity contribution is 5.84. The van der Waals surface area contributed by atoms with E-state index in [1.54, 1.807) is 0 Å². The van der Waals surface area contributed by atoms with Crippen molar-refractivity contribution in [2.45, 2.75) is 25.9 Å². The molecular formula is C10H14N4O2. The van der Waals surface area contributed by atoms with Crippen molar-refractivity contribution in [3.63, 3.8) is 0 Å². The smallest absolute Gasteiger partial charge is 0.358 e. The topological polar surface area (TPSA) is 80.0 Å². The first kappa shape index (κ1) is 12.2. The zero-order valence-electron chi connectivity index (χ0n) is 9.05. The van der Waals surface area contributed by atoms with Crippen LogP contribution in [-0.2, 0) is 6.54 Å². The number of hydrogen-bond donors (Lipinski definition) is 2. The van der Waals surface area contributed by atoms with Gasteiger partial charge >= 0.3 is 5.97 Å². The van der Waals surface area contributed by atoms with Crippen molar-refractivity contribution in [1.82, 2.24) is 20.3 Å². The Morgan fingerprint density at radius 2 is 2.56 bits per heavy atom. The average molecular weight is 222 g/mol.